The molecule has 0 aromatic carbocycles. The molecule has 0 aliphatic carbocycles. The Balaban J connectivity index is 2.23. The maximum Gasteiger partial charge on any atom is 0.170 e. The lowest BCUT2D eigenvalue weighted by Crippen LogP contribution is -2.25. The minimum absolute atomic E-state index is 0.154. The van der Waals surface area contributed by atoms with Crippen LogP contribution in [0.15, 0.2) is 22.1 Å². The predicted octanol–water partition coefficient (Wildman–Crippen LogP) is 3.48. The van der Waals surface area contributed by atoms with Crippen LogP contribution in [0.2, 0.25) is 0 Å². The van der Waals surface area contributed by atoms with Crippen molar-refractivity contribution < 1.29 is 0 Å². The van der Waals surface area contributed by atoms with Gasteiger partial charge in [-0.3, -0.25) is 0 Å². The van der Waals surface area contributed by atoms with Crippen molar-refractivity contribution in [3.05, 3.63) is 28.2 Å². The molecule has 0 aliphatic rings. The molecule has 0 amide bonds. The quantitative estimate of drug-likeness (QED) is 0.855. The number of thiophene rings is 1. The van der Waals surface area contributed by atoms with Crippen LogP contribution in [0.1, 0.15) is 29.0 Å². The van der Waals surface area contributed by atoms with Gasteiger partial charge in [0.05, 0.1) is 5.25 Å². The first kappa shape index (κ1) is 13.0. The second-order valence-electron chi connectivity index (χ2n) is 3.79. The Kier molecular flexibility index (Phi) is 4.55. The van der Waals surface area contributed by atoms with Gasteiger partial charge in [0, 0.05) is 10.9 Å². The first-order chi connectivity index (χ1) is 8.22. The summed E-state index contributed by atoms with van der Waals surface area (Å²) in [5.41, 5.74) is 7.56. The maximum absolute atomic E-state index is 6.24. The summed E-state index contributed by atoms with van der Waals surface area (Å²) in [6, 6.07) is 2.30. The summed E-state index contributed by atoms with van der Waals surface area (Å²) in [5, 5.41) is 2.41. The van der Waals surface area contributed by atoms with Gasteiger partial charge in [0.15, 0.2) is 4.34 Å². The van der Waals surface area contributed by atoms with E-state index in [1.54, 1.807) is 29.4 Å². The van der Waals surface area contributed by atoms with E-state index in [4.69, 9.17) is 5.73 Å². The highest BCUT2D eigenvalue weighted by Crippen LogP contribution is 2.41. The number of nitrogens with two attached hydrogens (primary N) is 1. The van der Waals surface area contributed by atoms with Crippen LogP contribution in [0.4, 0.5) is 0 Å². The zero-order valence-electron chi connectivity index (χ0n) is 9.79. The molecule has 2 unspecified atom stereocenters. The number of hydrogen-bond acceptors (Lipinski definition) is 6. The molecule has 0 spiro atoms. The van der Waals surface area contributed by atoms with Crippen LogP contribution in [0.5, 0.6) is 0 Å². The van der Waals surface area contributed by atoms with Gasteiger partial charge >= 0.3 is 0 Å². The van der Waals surface area contributed by atoms with Crippen LogP contribution in [-0.4, -0.2) is 15.4 Å². The van der Waals surface area contributed by atoms with E-state index in [2.05, 4.69) is 34.7 Å². The first-order valence-corrected chi connectivity index (χ1v) is 7.98. The van der Waals surface area contributed by atoms with Crippen molar-refractivity contribution in [2.75, 3.05) is 0 Å². The van der Waals surface area contributed by atoms with Gasteiger partial charge in [-0.2, -0.15) is 4.37 Å². The molecule has 2 heterocycles. The summed E-state index contributed by atoms with van der Waals surface area (Å²) in [4.78, 5) is 5.59. The van der Waals surface area contributed by atoms with E-state index in [1.807, 2.05) is 0 Å². The molecule has 0 saturated heterocycles. The Morgan fingerprint density at radius 3 is 2.88 bits per heavy atom. The molecule has 92 valence electrons. The zero-order valence-corrected chi connectivity index (χ0v) is 12.2. The van der Waals surface area contributed by atoms with Gasteiger partial charge in [-0.25, -0.2) is 4.98 Å². The molecular formula is C11H15N3S3. The Bertz CT molecular complexity index is 452. The normalized spacial score (nSPS) is 14.8. The van der Waals surface area contributed by atoms with E-state index in [0.29, 0.717) is 0 Å². The summed E-state index contributed by atoms with van der Waals surface area (Å²) in [7, 11) is 0. The standard InChI is InChI=1S/C11H15N3S3/c1-3-8(12)10(9-7(2)4-5-15-9)16-11-13-6-14-17-11/h4-6,8,10H,3,12H2,1-2H3. The molecule has 2 rings (SSSR count). The second-order valence-corrected chi connectivity index (χ2v) is 6.90. The van der Waals surface area contributed by atoms with Crippen LogP contribution in [0.3, 0.4) is 0 Å². The highest BCUT2D eigenvalue weighted by Gasteiger charge is 2.23. The monoisotopic (exact) mass is 285 g/mol. The van der Waals surface area contributed by atoms with E-state index in [0.717, 1.165) is 10.8 Å². The van der Waals surface area contributed by atoms with Gasteiger partial charge in [-0.05, 0) is 41.9 Å². The molecule has 2 atom stereocenters. The average Bonchev–Trinajstić information content (AvgIpc) is 2.96. The van der Waals surface area contributed by atoms with E-state index in [9.17, 15) is 0 Å². The fourth-order valence-corrected chi connectivity index (χ4v) is 4.72. The van der Waals surface area contributed by atoms with E-state index in [-0.39, 0.29) is 11.3 Å². The molecule has 0 aliphatic heterocycles. The number of thioether (sulfide) groups is 1. The highest BCUT2D eigenvalue weighted by molar-refractivity contribution is 8.01. The maximum atomic E-state index is 6.24. The fraction of sp³-hybridized carbons (Fsp3) is 0.455. The number of hydrogen-bond donors (Lipinski definition) is 1. The van der Waals surface area contributed by atoms with Gasteiger partial charge in [0.1, 0.15) is 6.33 Å². The minimum Gasteiger partial charge on any atom is -0.326 e. The summed E-state index contributed by atoms with van der Waals surface area (Å²) >= 11 is 4.94. The molecule has 6 heteroatoms. The van der Waals surface area contributed by atoms with E-state index >= 15 is 0 Å². The van der Waals surface area contributed by atoms with Crippen molar-refractivity contribution in [3.63, 3.8) is 0 Å². The number of nitrogens with zero attached hydrogens (tertiary/aromatic N) is 2. The zero-order chi connectivity index (χ0) is 12.3. The second kappa shape index (κ2) is 5.95. The van der Waals surface area contributed by atoms with Crippen LogP contribution in [-0.2, 0) is 0 Å². The Labute approximate surface area is 114 Å². The van der Waals surface area contributed by atoms with Crippen LogP contribution in [0, 0.1) is 6.92 Å². The molecule has 17 heavy (non-hydrogen) atoms. The highest BCUT2D eigenvalue weighted by atomic mass is 32.2. The summed E-state index contributed by atoms with van der Waals surface area (Å²) in [6.45, 7) is 4.27. The van der Waals surface area contributed by atoms with Crippen molar-refractivity contribution in [2.24, 2.45) is 5.73 Å². The lowest BCUT2D eigenvalue weighted by molar-refractivity contribution is 0.638. The van der Waals surface area contributed by atoms with Crippen molar-refractivity contribution in [1.82, 2.24) is 9.36 Å². The fourth-order valence-electron chi connectivity index (χ4n) is 1.55. The molecule has 0 bridgehead atoms. The molecular weight excluding hydrogens is 270 g/mol. The van der Waals surface area contributed by atoms with E-state index < -0.39 is 0 Å². The SMILES string of the molecule is CCC(N)C(Sc1ncns1)c1sccc1C. The third kappa shape index (κ3) is 3.07. The Morgan fingerprint density at radius 2 is 2.35 bits per heavy atom. The van der Waals surface area contributed by atoms with Crippen molar-refractivity contribution in [1.29, 1.82) is 0 Å². The smallest absolute Gasteiger partial charge is 0.170 e. The van der Waals surface area contributed by atoms with E-state index in [1.165, 1.54) is 22.0 Å². The molecule has 0 fully saturated rings. The van der Waals surface area contributed by atoms with Gasteiger partial charge in [-0.15, -0.1) is 11.3 Å². The first-order valence-electron chi connectivity index (χ1n) is 5.45. The molecule has 0 radical (unpaired) electrons. The minimum atomic E-state index is 0.154. The largest absolute Gasteiger partial charge is 0.326 e. The summed E-state index contributed by atoms with van der Waals surface area (Å²) in [6.07, 6.45) is 2.57. The summed E-state index contributed by atoms with van der Waals surface area (Å²) in [5.74, 6) is 0. The Hall–Kier alpha value is -0.430. The van der Waals surface area contributed by atoms with Gasteiger partial charge in [0.2, 0.25) is 0 Å². The topological polar surface area (TPSA) is 51.8 Å². The van der Waals surface area contributed by atoms with Gasteiger partial charge in [-0.1, -0.05) is 18.7 Å². The van der Waals surface area contributed by atoms with Crippen LogP contribution in [0.25, 0.3) is 0 Å². The average molecular weight is 285 g/mol. The van der Waals surface area contributed by atoms with Crippen molar-refractivity contribution in [2.45, 2.75) is 35.9 Å². The predicted molar refractivity (Wildman–Crippen MR) is 75.8 cm³/mol. The number of rotatable bonds is 5. The molecule has 2 aromatic heterocycles. The number of aryl methyl sites for hydroxylation is 1. The number of aromatic nitrogens is 2. The van der Waals surface area contributed by atoms with Crippen LogP contribution < -0.4 is 5.73 Å². The lowest BCUT2D eigenvalue weighted by atomic mass is 10.1. The van der Waals surface area contributed by atoms with Crippen molar-refractivity contribution in [3.8, 4) is 0 Å². The molecule has 0 saturated carbocycles. The van der Waals surface area contributed by atoms with Crippen LogP contribution >= 0.6 is 34.6 Å². The lowest BCUT2D eigenvalue weighted by Gasteiger charge is -2.20. The summed E-state index contributed by atoms with van der Waals surface area (Å²) < 4.78 is 5.03. The van der Waals surface area contributed by atoms with Gasteiger partial charge in [0.25, 0.3) is 0 Å². The molecule has 2 aromatic rings. The third-order valence-electron chi connectivity index (χ3n) is 2.59. The third-order valence-corrected chi connectivity index (χ3v) is 5.96. The molecule has 2 N–H and O–H groups in total. The Morgan fingerprint density at radius 1 is 1.53 bits per heavy atom. The van der Waals surface area contributed by atoms with Gasteiger partial charge < -0.3 is 5.73 Å². The molecule has 3 nitrogen and oxygen atoms in total. The van der Waals surface area contributed by atoms with Crippen molar-refractivity contribution >= 4 is 34.6 Å².